The van der Waals surface area contributed by atoms with Crippen molar-refractivity contribution in [2.45, 2.75) is 50.0 Å². The first-order chi connectivity index (χ1) is 19.3. The Balaban J connectivity index is 1.34. The van der Waals surface area contributed by atoms with E-state index in [1.807, 2.05) is 12.3 Å². The Morgan fingerprint density at radius 3 is 2.48 bits per heavy atom. The highest BCUT2D eigenvalue weighted by Crippen LogP contribution is 2.44. The standard InChI is InChI=1S/C29H33ClN6O3S/c30-21-7-10-26(32-17-21)36-18-25(20-5-8-22(9-6-20)35-13-15-40(38,39)16-14-35)27(34-36)23-3-1-2-4-24(23)28(37)33-29(19-31)11-12-29/h5-10,17-18,23-24,38-39H,1-4,11-16H2,(H,33,37)/t23-,24-/m1/s1. The van der Waals surface area contributed by atoms with Crippen LogP contribution in [-0.4, -0.2) is 59.9 Å². The lowest BCUT2D eigenvalue weighted by atomic mass is 9.75. The second kappa shape index (κ2) is 10.7. The molecule has 6 rings (SSSR count). The van der Waals surface area contributed by atoms with E-state index in [1.54, 1.807) is 16.9 Å². The maximum absolute atomic E-state index is 13.5. The monoisotopic (exact) mass is 580 g/mol. The number of amides is 1. The van der Waals surface area contributed by atoms with Crippen molar-refractivity contribution < 1.29 is 13.9 Å². The van der Waals surface area contributed by atoms with Crippen molar-refractivity contribution in [3.63, 3.8) is 0 Å². The van der Waals surface area contributed by atoms with Crippen LogP contribution in [0.3, 0.4) is 0 Å². The van der Waals surface area contributed by atoms with E-state index >= 15 is 0 Å². The Labute approximate surface area is 240 Å². The van der Waals surface area contributed by atoms with Gasteiger partial charge in [-0.1, -0.05) is 36.6 Å². The Morgan fingerprint density at radius 2 is 1.82 bits per heavy atom. The topological polar surface area (TPSA) is 127 Å². The van der Waals surface area contributed by atoms with E-state index in [9.17, 15) is 19.2 Å². The fraction of sp³-hybridized carbons (Fsp3) is 0.448. The number of carbonyl (C=O) groups excluding carboxylic acids is 1. The number of aromatic nitrogens is 3. The molecule has 3 aliphatic rings. The zero-order valence-electron chi connectivity index (χ0n) is 22.2. The predicted molar refractivity (Wildman–Crippen MR) is 157 cm³/mol. The second-order valence-electron chi connectivity index (χ2n) is 11.1. The molecule has 0 unspecified atom stereocenters. The van der Waals surface area contributed by atoms with Crippen molar-refractivity contribution >= 4 is 33.8 Å². The SMILES string of the molecule is N#CC1(NC(=O)[C@@H]2CCCC[C@H]2c2nn(-c3ccc(Cl)cn3)cc2-c2ccc(N3CCS(O)(O)CC3)cc2)CC1. The smallest absolute Gasteiger partial charge is 0.225 e. The molecule has 2 saturated carbocycles. The summed E-state index contributed by atoms with van der Waals surface area (Å²) in [5.41, 5.74) is 3.13. The Morgan fingerprint density at radius 1 is 1.10 bits per heavy atom. The molecule has 0 radical (unpaired) electrons. The average molecular weight is 581 g/mol. The molecule has 3 fully saturated rings. The van der Waals surface area contributed by atoms with Gasteiger partial charge in [0.25, 0.3) is 0 Å². The van der Waals surface area contributed by atoms with Crippen molar-refractivity contribution in [1.29, 1.82) is 5.26 Å². The minimum absolute atomic E-state index is 0.0553. The van der Waals surface area contributed by atoms with Crippen LogP contribution in [0.4, 0.5) is 5.69 Å². The number of nitriles is 1. The van der Waals surface area contributed by atoms with Crippen molar-refractivity contribution in [2.24, 2.45) is 5.92 Å². The molecular weight excluding hydrogens is 548 g/mol. The minimum Gasteiger partial charge on any atom is -0.368 e. The molecule has 0 spiro atoms. The molecule has 9 nitrogen and oxygen atoms in total. The largest absolute Gasteiger partial charge is 0.368 e. The molecule has 0 bridgehead atoms. The van der Waals surface area contributed by atoms with E-state index in [-0.39, 0.29) is 17.7 Å². The van der Waals surface area contributed by atoms with Crippen LogP contribution in [0.2, 0.25) is 5.02 Å². The number of carbonyl (C=O) groups is 1. The molecule has 3 aromatic rings. The van der Waals surface area contributed by atoms with Gasteiger partial charge >= 0.3 is 0 Å². The molecule has 1 amide bonds. The molecule has 1 saturated heterocycles. The Kier molecular flexibility index (Phi) is 7.25. The summed E-state index contributed by atoms with van der Waals surface area (Å²) in [4.78, 5) is 20.1. The number of rotatable bonds is 6. The van der Waals surface area contributed by atoms with Crippen LogP contribution in [0.25, 0.3) is 16.9 Å². The van der Waals surface area contributed by atoms with Crippen LogP contribution in [0.5, 0.6) is 0 Å². The molecule has 3 N–H and O–H groups in total. The predicted octanol–water partition coefficient (Wildman–Crippen LogP) is 5.60. The summed E-state index contributed by atoms with van der Waals surface area (Å²) in [6, 6.07) is 14.1. The van der Waals surface area contributed by atoms with Gasteiger partial charge in [0.05, 0.1) is 28.3 Å². The molecule has 1 aromatic carbocycles. The first kappa shape index (κ1) is 27.1. The maximum Gasteiger partial charge on any atom is 0.225 e. The van der Waals surface area contributed by atoms with Crippen LogP contribution < -0.4 is 10.2 Å². The van der Waals surface area contributed by atoms with Crippen LogP contribution in [0.1, 0.15) is 50.1 Å². The molecule has 2 atom stereocenters. The number of nitrogens with one attached hydrogen (secondary N) is 1. The van der Waals surface area contributed by atoms with Crippen molar-refractivity contribution in [3.8, 4) is 23.0 Å². The van der Waals surface area contributed by atoms with E-state index in [0.29, 0.717) is 48.3 Å². The van der Waals surface area contributed by atoms with Gasteiger partial charge < -0.3 is 10.2 Å². The normalized spacial score (nSPS) is 24.1. The highest BCUT2D eigenvalue weighted by atomic mass is 35.5. The lowest BCUT2D eigenvalue weighted by Crippen LogP contribution is -2.42. The second-order valence-corrected chi connectivity index (χ2v) is 14.0. The highest BCUT2D eigenvalue weighted by molar-refractivity contribution is 8.24. The van der Waals surface area contributed by atoms with Crippen LogP contribution in [-0.2, 0) is 4.79 Å². The van der Waals surface area contributed by atoms with Gasteiger partial charge in [0.15, 0.2) is 5.82 Å². The van der Waals surface area contributed by atoms with Crippen LogP contribution in [0, 0.1) is 17.2 Å². The summed E-state index contributed by atoms with van der Waals surface area (Å²) in [5, 5.41) is 18.1. The van der Waals surface area contributed by atoms with Gasteiger partial charge in [-0.05, 0) is 55.5 Å². The van der Waals surface area contributed by atoms with Crippen LogP contribution in [0.15, 0.2) is 48.8 Å². The van der Waals surface area contributed by atoms with Crippen molar-refractivity contribution in [2.75, 3.05) is 29.5 Å². The first-order valence-corrected chi connectivity index (χ1v) is 16.1. The fourth-order valence-corrected chi connectivity index (χ4v) is 7.17. The molecule has 2 aromatic heterocycles. The number of hydrogen-bond acceptors (Lipinski definition) is 7. The zero-order chi connectivity index (χ0) is 27.9. The molecule has 2 aliphatic carbocycles. The summed E-state index contributed by atoms with van der Waals surface area (Å²) >= 11 is 6.08. The third-order valence-electron chi connectivity index (χ3n) is 8.39. The lowest BCUT2D eigenvalue weighted by Gasteiger charge is -2.41. The third-order valence-corrected chi connectivity index (χ3v) is 10.3. The zero-order valence-corrected chi connectivity index (χ0v) is 23.7. The highest BCUT2D eigenvalue weighted by Gasteiger charge is 2.47. The summed E-state index contributed by atoms with van der Waals surface area (Å²) in [6.45, 7) is 1.21. The van der Waals surface area contributed by atoms with E-state index in [4.69, 9.17) is 16.7 Å². The van der Waals surface area contributed by atoms with Gasteiger partial charge in [-0.2, -0.15) is 21.0 Å². The van der Waals surface area contributed by atoms with E-state index < -0.39 is 16.1 Å². The molecule has 40 heavy (non-hydrogen) atoms. The van der Waals surface area contributed by atoms with Crippen molar-refractivity contribution in [3.05, 3.63) is 59.5 Å². The molecule has 11 heteroatoms. The Bertz CT molecular complexity index is 1420. The summed E-state index contributed by atoms with van der Waals surface area (Å²) < 4.78 is 21.7. The summed E-state index contributed by atoms with van der Waals surface area (Å²) in [7, 11) is -2.46. The molecule has 1 aliphatic heterocycles. The number of pyridine rings is 1. The van der Waals surface area contributed by atoms with Gasteiger partial charge in [0.1, 0.15) is 5.54 Å². The number of benzene rings is 1. The Hall–Kier alpha value is -3.10. The quantitative estimate of drug-likeness (QED) is 0.346. The molecule has 3 heterocycles. The van der Waals surface area contributed by atoms with Gasteiger partial charge in [-0.15, -0.1) is 0 Å². The van der Waals surface area contributed by atoms with Gasteiger partial charge in [0.2, 0.25) is 5.91 Å². The van der Waals surface area contributed by atoms with Gasteiger partial charge in [-0.25, -0.2) is 9.67 Å². The molecule has 210 valence electrons. The maximum atomic E-state index is 13.5. The number of halogens is 1. The average Bonchev–Trinajstić information content (AvgIpc) is 3.60. The minimum atomic E-state index is -2.46. The lowest BCUT2D eigenvalue weighted by molar-refractivity contribution is -0.127. The van der Waals surface area contributed by atoms with Crippen LogP contribution >= 0.6 is 22.2 Å². The number of anilines is 1. The summed E-state index contributed by atoms with van der Waals surface area (Å²) in [5.74, 6) is 1.01. The summed E-state index contributed by atoms with van der Waals surface area (Å²) in [6.07, 6.45) is 8.55. The third kappa shape index (κ3) is 5.56. The number of hydrogen-bond donors (Lipinski definition) is 3. The van der Waals surface area contributed by atoms with E-state index in [2.05, 4.69) is 45.5 Å². The molecular formula is C29H33ClN6O3S. The van der Waals surface area contributed by atoms with E-state index in [0.717, 1.165) is 48.2 Å². The van der Waals surface area contributed by atoms with Gasteiger partial charge in [0, 0.05) is 48.6 Å². The first-order valence-electron chi connectivity index (χ1n) is 13.8. The van der Waals surface area contributed by atoms with Gasteiger partial charge in [-0.3, -0.25) is 13.9 Å². The van der Waals surface area contributed by atoms with Crippen molar-refractivity contribution in [1.82, 2.24) is 20.1 Å². The fourth-order valence-electron chi connectivity index (χ4n) is 5.83. The number of nitrogens with zero attached hydrogens (tertiary/aromatic N) is 5. The van der Waals surface area contributed by atoms with E-state index in [1.165, 1.54) is 0 Å².